The number of nitrogens with zero attached hydrogens (tertiary/aromatic N) is 2. The molecule has 1 N–H and O–H groups in total. The molecule has 1 saturated heterocycles. The molecule has 6 heteroatoms. The van der Waals surface area contributed by atoms with Crippen LogP contribution in [0, 0.1) is 0 Å². The van der Waals surface area contributed by atoms with E-state index >= 15 is 0 Å². The van der Waals surface area contributed by atoms with Crippen molar-refractivity contribution in [2.75, 3.05) is 26.2 Å². The first-order valence-corrected chi connectivity index (χ1v) is 10.0. The number of carbonyl (C=O) groups is 2. The molecule has 2 heterocycles. The molecule has 24 heavy (non-hydrogen) atoms. The van der Waals surface area contributed by atoms with Crippen molar-refractivity contribution < 1.29 is 9.59 Å². The van der Waals surface area contributed by atoms with Crippen molar-refractivity contribution in [3.63, 3.8) is 0 Å². The first kappa shape index (κ1) is 17.3. The molecule has 132 valence electrons. The maximum Gasteiger partial charge on any atom is 0.317 e. The topological polar surface area (TPSA) is 52.7 Å². The van der Waals surface area contributed by atoms with E-state index in [2.05, 4.69) is 5.32 Å². The number of nitrogens with one attached hydrogen (secondary N) is 1. The highest BCUT2D eigenvalue weighted by Gasteiger charge is 2.24. The van der Waals surface area contributed by atoms with Crippen LogP contribution in [0.25, 0.3) is 0 Å². The molecule has 3 rings (SSSR count). The summed E-state index contributed by atoms with van der Waals surface area (Å²) in [6.45, 7) is 2.76. The van der Waals surface area contributed by atoms with E-state index in [9.17, 15) is 9.59 Å². The lowest BCUT2D eigenvalue weighted by molar-refractivity contribution is -0.130. The molecule has 1 aromatic rings. The van der Waals surface area contributed by atoms with Crippen LogP contribution < -0.4 is 5.32 Å². The molecule has 1 aliphatic heterocycles. The van der Waals surface area contributed by atoms with E-state index in [1.165, 1.54) is 19.3 Å². The zero-order valence-corrected chi connectivity index (χ0v) is 15.0. The van der Waals surface area contributed by atoms with Crippen molar-refractivity contribution in [2.45, 2.75) is 51.0 Å². The molecule has 1 aliphatic carbocycles. The summed E-state index contributed by atoms with van der Waals surface area (Å²) in [7, 11) is 0. The molecule has 5 nitrogen and oxygen atoms in total. The van der Waals surface area contributed by atoms with E-state index in [0.29, 0.717) is 25.6 Å². The summed E-state index contributed by atoms with van der Waals surface area (Å²) >= 11 is 1.62. The summed E-state index contributed by atoms with van der Waals surface area (Å²) in [5.41, 5.74) is 1.08. The molecule has 2 fully saturated rings. The molecule has 0 bridgehead atoms. The number of carbonyl (C=O) groups excluding carboxylic acids is 2. The van der Waals surface area contributed by atoms with E-state index in [1.54, 1.807) is 11.3 Å². The molecule has 0 spiro atoms. The van der Waals surface area contributed by atoms with Crippen molar-refractivity contribution in [3.8, 4) is 0 Å². The van der Waals surface area contributed by atoms with Gasteiger partial charge in [0.15, 0.2) is 0 Å². The number of rotatable bonds is 3. The largest absolute Gasteiger partial charge is 0.341 e. The highest BCUT2D eigenvalue weighted by atomic mass is 32.1. The molecule has 0 unspecified atom stereocenters. The third-order valence-electron chi connectivity index (χ3n) is 5.00. The standard InChI is InChI=1S/C18H27N3O2S/c22-17(13-15-7-12-24-14-15)20-8-4-9-21(11-10-20)18(23)19-16-5-2-1-3-6-16/h7,12,14,16H,1-6,8-11,13H2,(H,19,23). The van der Waals surface area contributed by atoms with Crippen LogP contribution in [0.3, 0.4) is 0 Å². The summed E-state index contributed by atoms with van der Waals surface area (Å²) in [5.74, 6) is 0.169. The smallest absolute Gasteiger partial charge is 0.317 e. The minimum Gasteiger partial charge on any atom is -0.341 e. The van der Waals surface area contributed by atoms with Gasteiger partial charge < -0.3 is 15.1 Å². The predicted octanol–water partition coefficient (Wildman–Crippen LogP) is 2.87. The lowest BCUT2D eigenvalue weighted by Gasteiger charge is -2.27. The Balaban J connectivity index is 1.47. The fraction of sp³-hybridized carbons (Fsp3) is 0.667. The minimum atomic E-state index is 0.0500. The van der Waals surface area contributed by atoms with Gasteiger partial charge in [-0.15, -0.1) is 0 Å². The van der Waals surface area contributed by atoms with Crippen LogP contribution >= 0.6 is 11.3 Å². The Labute approximate surface area is 148 Å². The Kier molecular flexibility index (Phi) is 6.12. The summed E-state index contributed by atoms with van der Waals surface area (Å²) in [6, 6.07) is 2.39. The Bertz CT molecular complexity index is 540. The highest BCUT2D eigenvalue weighted by Crippen LogP contribution is 2.18. The van der Waals surface area contributed by atoms with Crippen LogP contribution in [0.15, 0.2) is 16.8 Å². The van der Waals surface area contributed by atoms with Crippen LogP contribution in [-0.2, 0) is 11.2 Å². The molecule has 0 aromatic carbocycles. The lowest BCUT2D eigenvalue weighted by Crippen LogP contribution is -2.47. The second-order valence-corrected chi connectivity index (χ2v) is 7.59. The van der Waals surface area contributed by atoms with E-state index in [1.807, 2.05) is 26.6 Å². The Morgan fingerprint density at radius 1 is 1.04 bits per heavy atom. The predicted molar refractivity (Wildman–Crippen MR) is 96.2 cm³/mol. The van der Waals surface area contributed by atoms with Gasteiger partial charge in [-0.3, -0.25) is 4.79 Å². The van der Waals surface area contributed by atoms with E-state index < -0.39 is 0 Å². The fourth-order valence-electron chi connectivity index (χ4n) is 3.56. The van der Waals surface area contributed by atoms with Crippen LogP contribution in [0.5, 0.6) is 0 Å². The van der Waals surface area contributed by atoms with Gasteiger partial charge in [0, 0.05) is 32.2 Å². The second-order valence-electron chi connectivity index (χ2n) is 6.81. The summed E-state index contributed by atoms with van der Waals surface area (Å²) in [6.07, 6.45) is 7.25. The molecule has 1 aromatic heterocycles. The summed E-state index contributed by atoms with van der Waals surface area (Å²) in [4.78, 5) is 28.7. The average molecular weight is 350 g/mol. The first-order valence-electron chi connectivity index (χ1n) is 9.06. The SMILES string of the molecule is O=C(Cc1ccsc1)N1CCCN(C(=O)NC2CCCCC2)CC1. The maximum absolute atomic E-state index is 12.5. The van der Waals surface area contributed by atoms with Crippen LogP contribution in [-0.4, -0.2) is 54.0 Å². The van der Waals surface area contributed by atoms with Crippen LogP contribution in [0.4, 0.5) is 4.79 Å². The molecular formula is C18H27N3O2S. The Hall–Kier alpha value is -1.56. The van der Waals surface area contributed by atoms with Crippen LogP contribution in [0.1, 0.15) is 44.1 Å². The molecule has 2 aliphatic rings. The van der Waals surface area contributed by atoms with Gasteiger partial charge in [-0.1, -0.05) is 19.3 Å². The maximum atomic E-state index is 12.5. The molecule has 0 atom stereocenters. The fourth-order valence-corrected chi connectivity index (χ4v) is 4.23. The quantitative estimate of drug-likeness (QED) is 0.912. The van der Waals surface area contributed by atoms with Crippen LogP contribution in [0.2, 0.25) is 0 Å². The van der Waals surface area contributed by atoms with Gasteiger partial charge in [-0.05, 0) is 41.7 Å². The third-order valence-corrected chi connectivity index (χ3v) is 5.74. The van der Waals surface area contributed by atoms with Gasteiger partial charge in [-0.25, -0.2) is 4.79 Å². The average Bonchev–Trinajstić information content (AvgIpc) is 2.96. The van der Waals surface area contributed by atoms with Gasteiger partial charge in [0.25, 0.3) is 0 Å². The third kappa shape index (κ3) is 4.72. The number of thiophene rings is 1. The van der Waals surface area contributed by atoms with Gasteiger partial charge in [0.2, 0.25) is 5.91 Å². The van der Waals surface area contributed by atoms with Crippen molar-refractivity contribution in [3.05, 3.63) is 22.4 Å². The van der Waals surface area contributed by atoms with Crippen molar-refractivity contribution in [2.24, 2.45) is 0 Å². The van der Waals surface area contributed by atoms with Crippen molar-refractivity contribution in [1.29, 1.82) is 0 Å². The zero-order valence-electron chi connectivity index (χ0n) is 14.2. The normalized spacial score (nSPS) is 19.8. The van der Waals surface area contributed by atoms with Gasteiger partial charge in [-0.2, -0.15) is 11.3 Å². The monoisotopic (exact) mass is 349 g/mol. The van der Waals surface area contributed by atoms with Gasteiger partial charge >= 0.3 is 6.03 Å². The number of amides is 3. The lowest BCUT2D eigenvalue weighted by atomic mass is 9.96. The Morgan fingerprint density at radius 2 is 1.79 bits per heavy atom. The molecular weight excluding hydrogens is 322 g/mol. The molecule has 1 saturated carbocycles. The van der Waals surface area contributed by atoms with E-state index in [4.69, 9.17) is 0 Å². The second kappa shape index (κ2) is 8.51. The highest BCUT2D eigenvalue weighted by molar-refractivity contribution is 7.08. The van der Waals surface area contributed by atoms with E-state index in [-0.39, 0.29) is 11.9 Å². The minimum absolute atomic E-state index is 0.0500. The zero-order chi connectivity index (χ0) is 16.8. The van der Waals surface area contributed by atoms with Crippen molar-refractivity contribution >= 4 is 23.3 Å². The van der Waals surface area contributed by atoms with E-state index in [0.717, 1.165) is 37.9 Å². The first-order chi connectivity index (χ1) is 11.7. The van der Waals surface area contributed by atoms with Gasteiger partial charge in [0.05, 0.1) is 6.42 Å². The molecule has 0 radical (unpaired) electrons. The number of hydrogen-bond donors (Lipinski definition) is 1. The van der Waals surface area contributed by atoms with Gasteiger partial charge in [0.1, 0.15) is 0 Å². The molecule has 3 amide bonds. The number of urea groups is 1. The Morgan fingerprint density at radius 3 is 2.54 bits per heavy atom. The summed E-state index contributed by atoms with van der Waals surface area (Å²) < 4.78 is 0. The summed E-state index contributed by atoms with van der Waals surface area (Å²) in [5, 5.41) is 7.21. The van der Waals surface area contributed by atoms with Crippen molar-refractivity contribution in [1.82, 2.24) is 15.1 Å². The number of hydrogen-bond acceptors (Lipinski definition) is 3.